The first kappa shape index (κ1) is 11.1. The molecule has 0 unspecified atom stereocenters. The van der Waals surface area contributed by atoms with Crippen LogP contribution in [0.25, 0.3) is 0 Å². The summed E-state index contributed by atoms with van der Waals surface area (Å²) in [6.45, 7) is 1.97. The summed E-state index contributed by atoms with van der Waals surface area (Å²) in [5.74, 6) is -0.766. The van der Waals surface area contributed by atoms with E-state index in [1.165, 1.54) is 6.07 Å². The van der Waals surface area contributed by atoms with Crippen LogP contribution in [0.15, 0.2) is 36.4 Å². The van der Waals surface area contributed by atoms with E-state index in [2.05, 4.69) is 5.32 Å². The smallest absolute Gasteiger partial charge is 0.181 e. The fourth-order valence-corrected chi connectivity index (χ4v) is 1.49. The van der Waals surface area contributed by atoms with Crippen LogP contribution in [0.3, 0.4) is 0 Å². The van der Waals surface area contributed by atoms with Gasteiger partial charge in [-0.25, -0.2) is 0 Å². The van der Waals surface area contributed by atoms with Gasteiger partial charge in [-0.2, -0.15) is 0 Å². The Morgan fingerprint density at radius 1 is 0.941 bits per heavy atom. The summed E-state index contributed by atoms with van der Waals surface area (Å²) >= 11 is 0. The van der Waals surface area contributed by atoms with Crippen molar-refractivity contribution in [3.8, 4) is 17.2 Å². The number of rotatable bonds is 2. The number of anilines is 2. The van der Waals surface area contributed by atoms with Crippen LogP contribution in [-0.2, 0) is 0 Å². The molecule has 17 heavy (non-hydrogen) atoms. The monoisotopic (exact) mass is 231 g/mol. The Labute approximate surface area is 98.8 Å². The molecule has 0 bridgehead atoms. The highest BCUT2D eigenvalue weighted by atomic mass is 16.3. The topological polar surface area (TPSA) is 72.7 Å². The number of phenolic OH excluding ortho intramolecular Hbond substituents is 3. The molecule has 2 rings (SSSR count). The molecule has 0 aliphatic heterocycles. The molecule has 0 aromatic heterocycles. The van der Waals surface area contributed by atoms with Gasteiger partial charge in [-0.1, -0.05) is 17.7 Å². The standard InChI is InChI=1S/C13H13NO3/c1-8-2-4-9(5-3-8)14-11-6-10(15)7-12(16)13(11)17/h2-7,14-17H,1H3. The summed E-state index contributed by atoms with van der Waals surface area (Å²) in [5, 5.41) is 31.2. The minimum Gasteiger partial charge on any atom is -0.508 e. The van der Waals surface area contributed by atoms with Crippen molar-refractivity contribution in [2.45, 2.75) is 6.92 Å². The molecule has 0 amide bonds. The Balaban J connectivity index is 2.32. The van der Waals surface area contributed by atoms with E-state index in [0.29, 0.717) is 0 Å². The molecule has 0 aliphatic carbocycles. The van der Waals surface area contributed by atoms with E-state index in [-0.39, 0.29) is 22.9 Å². The average Bonchev–Trinajstić information content (AvgIpc) is 2.28. The first-order valence-corrected chi connectivity index (χ1v) is 5.15. The summed E-state index contributed by atoms with van der Waals surface area (Å²) in [7, 11) is 0. The van der Waals surface area contributed by atoms with Gasteiger partial charge < -0.3 is 20.6 Å². The second-order valence-corrected chi connectivity index (χ2v) is 3.85. The van der Waals surface area contributed by atoms with Crippen molar-refractivity contribution in [2.24, 2.45) is 0 Å². The SMILES string of the molecule is Cc1ccc(Nc2cc(O)cc(O)c2O)cc1. The predicted octanol–water partition coefficient (Wildman–Crippen LogP) is 2.86. The molecule has 0 spiro atoms. The van der Waals surface area contributed by atoms with Crippen molar-refractivity contribution in [3.63, 3.8) is 0 Å². The third-order valence-electron chi connectivity index (χ3n) is 2.41. The van der Waals surface area contributed by atoms with Crippen molar-refractivity contribution < 1.29 is 15.3 Å². The maximum atomic E-state index is 9.61. The number of phenols is 3. The molecule has 4 nitrogen and oxygen atoms in total. The van der Waals surface area contributed by atoms with Crippen molar-refractivity contribution in [2.75, 3.05) is 5.32 Å². The van der Waals surface area contributed by atoms with E-state index in [9.17, 15) is 15.3 Å². The van der Waals surface area contributed by atoms with Crippen molar-refractivity contribution in [3.05, 3.63) is 42.0 Å². The van der Waals surface area contributed by atoms with E-state index < -0.39 is 0 Å². The molecule has 4 N–H and O–H groups in total. The number of aryl methyl sites for hydroxylation is 1. The summed E-state index contributed by atoms with van der Waals surface area (Å²) in [5.41, 5.74) is 2.14. The highest BCUT2D eigenvalue weighted by molar-refractivity contribution is 5.71. The van der Waals surface area contributed by atoms with E-state index in [4.69, 9.17) is 0 Å². The molecule has 0 atom stereocenters. The third-order valence-corrected chi connectivity index (χ3v) is 2.41. The number of hydrogen-bond acceptors (Lipinski definition) is 4. The van der Waals surface area contributed by atoms with Gasteiger partial charge in [0, 0.05) is 17.8 Å². The Morgan fingerprint density at radius 3 is 2.24 bits per heavy atom. The molecule has 0 heterocycles. The van der Waals surface area contributed by atoms with E-state index in [1.54, 1.807) is 0 Å². The van der Waals surface area contributed by atoms with Crippen LogP contribution in [0.2, 0.25) is 0 Å². The molecule has 0 saturated heterocycles. The second-order valence-electron chi connectivity index (χ2n) is 3.85. The lowest BCUT2D eigenvalue weighted by atomic mass is 10.2. The van der Waals surface area contributed by atoms with Gasteiger partial charge in [0.05, 0.1) is 5.69 Å². The summed E-state index contributed by atoms with van der Waals surface area (Å²) in [6.07, 6.45) is 0. The van der Waals surface area contributed by atoms with Gasteiger partial charge in [0.25, 0.3) is 0 Å². The van der Waals surface area contributed by atoms with Gasteiger partial charge in [-0.05, 0) is 19.1 Å². The quantitative estimate of drug-likeness (QED) is 0.473. The Hall–Kier alpha value is -2.36. The van der Waals surface area contributed by atoms with Crippen LogP contribution in [0, 0.1) is 6.92 Å². The molecule has 88 valence electrons. The van der Waals surface area contributed by atoms with Gasteiger partial charge >= 0.3 is 0 Å². The Kier molecular flexibility index (Phi) is 2.78. The van der Waals surface area contributed by atoms with Crippen LogP contribution in [0.4, 0.5) is 11.4 Å². The van der Waals surface area contributed by atoms with Gasteiger partial charge in [0.2, 0.25) is 0 Å². The fourth-order valence-electron chi connectivity index (χ4n) is 1.49. The molecule has 0 radical (unpaired) electrons. The average molecular weight is 231 g/mol. The zero-order chi connectivity index (χ0) is 12.4. The molecule has 0 saturated carbocycles. The van der Waals surface area contributed by atoms with E-state index >= 15 is 0 Å². The minimum absolute atomic E-state index is 0.116. The first-order chi connectivity index (χ1) is 8.06. The molecular weight excluding hydrogens is 218 g/mol. The minimum atomic E-state index is -0.361. The molecular formula is C13H13NO3. The predicted molar refractivity (Wildman–Crippen MR) is 65.9 cm³/mol. The van der Waals surface area contributed by atoms with Gasteiger partial charge in [0.15, 0.2) is 11.5 Å². The second kappa shape index (κ2) is 4.25. The third kappa shape index (κ3) is 2.42. The van der Waals surface area contributed by atoms with Gasteiger partial charge in [0.1, 0.15) is 5.75 Å². The van der Waals surface area contributed by atoms with Crippen LogP contribution in [0.1, 0.15) is 5.56 Å². The summed E-state index contributed by atoms with van der Waals surface area (Å²) < 4.78 is 0. The fraction of sp³-hybridized carbons (Fsp3) is 0.0769. The lowest BCUT2D eigenvalue weighted by molar-refractivity contribution is 0.398. The van der Waals surface area contributed by atoms with Crippen molar-refractivity contribution >= 4 is 11.4 Å². The van der Waals surface area contributed by atoms with Crippen LogP contribution < -0.4 is 5.32 Å². The number of aromatic hydroxyl groups is 3. The molecule has 2 aromatic rings. The zero-order valence-electron chi connectivity index (χ0n) is 9.31. The highest BCUT2D eigenvalue weighted by Gasteiger charge is 2.08. The molecule has 0 fully saturated rings. The first-order valence-electron chi connectivity index (χ1n) is 5.15. The zero-order valence-corrected chi connectivity index (χ0v) is 9.31. The van der Waals surface area contributed by atoms with Crippen molar-refractivity contribution in [1.82, 2.24) is 0 Å². The van der Waals surface area contributed by atoms with Crippen LogP contribution in [-0.4, -0.2) is 15.3 Å². The van der Waals surface area contributed by atoms with Crippen molar-refractivity contribution in [1.29, 1.82) is 0 Å². The maximum Gasteiger partial charge on any atom is 0.181 e. The van der Waals surface area contributed by atoms with Gasteiger partial charge in [-0.3, -0.25) is 0 Å². The largest absolute Gasteiger partial charge is 0.508 e. The summed E-state index contributed by atoms with van der Waals surface area (Å²) in [6, 6.07) is 9.94. The van der Waals surface area contributed by atoms with Crippen LogP contribution in [0.5, 0.6) is 17.2 Å². The number of nitrogens with one attached hydrogen (secondary N) is 1. The normalized spacial score (nSPS) is 10.2. The highest BCUT2D eigenvalue weighted by Crippen LogP contribution is 2.38. The lowest BCUT2D eigenvalue weighted by Gasteiger charge is -2.10. The van der Waals surface area contributed by atoms with E-state index in [0.717, 1.165) is 17.3 Å². The Morgan fingerprint density at radius 2 is 1.59 bits per heavy atom. The van der Waals surface area contributed by atoms with Crippen LogP contribution >= 0.6 is 0 Å². The molecule has 0 aliphatic rings. The Bertz CT molecular complexity index is 535. The molecule has 2 aromatic carbocycles. The van der Waals surface area contributed by atoms with Gasteiger partial charge in [-0.15, -0.1) is 0 Å². The number of benzene rings is 2. The number of hydrogen-bond donors (Lipinski definition) is 4. The van der Waals surface area contributed by atoms with E-state index in [1.807, 2.05) is 31.2 Å². The lowest BCUT2D eigenvalue weighted by Crippen LogP contribution is -1.91. The molecule has 4 heteroatoms. The maximum absolute atomic E-state index is 9.61. The summed E-state index contributed by atoms with van der Waals surface area (Å²) in [4.78, 5) is 0.